The molecule has 0 aliphatic rings. The van der Waals surface area contributed by atoms with Crippen molar-refractivity contribution >= 4 is 44.3 Å². The number of nitrogens with zero attached hydrogens (tertiary/aromatic N) is 1. The van der Waals surface area contributed by atoms with Gasteiger partial charge >= 0.3 is 5.63 Å². The number of methoxy groups -OCH3 is 1. The summed E-state index contributed by atoms with van der Waals surface area (Å²) in [5.41, 5.74) is 1.88. The maximum absolute atomic E-state index is 12.4. The van der Waals surface area contributed by atoms with Crippen LogP contribution in [0.15, 0.2) is 38.3 Å². The Hall–Kier alpha value is -2.58. The molecule has 0 bridgehead atoms. The Morgan fingerprint density at radius 3 is 2.82 bits per heavy atom. The number of hydrogen-bond acceptors (Lipinski definition) is 7. The second kappa shape index (κ2) is 7.44. The standard InChI is InChI=1S/C20H18N2O4S2/c1-10-11(2)28-20-18(10)19(24)21-16(22-20)9-27-8-12-6-17(23)26-15-7-13(25-3)4-5-14(12)15/h4-7H,8-9H2,1-3H3,(H,21,22,24). The van der Waals surface area contributed by atoms with Crippen LogP contribution in [0.1, 0.15) is 21.8 Å². The fourth-order valence-electron chi connectivity index (χ4n) is 3.08. The zero-order valence-electron chi connectivity index (χ0n) is 15.6. The van der Waals surface area contributed by atoms with Crippen molar-refractivity contribution in [3.63, 3.8) is 0 Å². The van der Waals surface area contributed by atoms with Gasteiger partial charge in [-0.25, -0.2) is 9.78 Å². The van der Waals surface area contributed by atoms with Crippen molar-refractivity contribution in [1.82, 2.24) is 9.97 Å². The molecule has 28 heavy (non-hydrogen) atoms. The van der Waals surface area contributed by atoms with Gasteiger partial charge in [0.15, 0.2) is 0 Å². The lowest BCUT2D eigenvalue weighted by molar-refractivity contribution is 0.414. The van der Waals surface area contributed by atoms with Crippen LogP contribution in [0.3, 0.4) is 0 Å². The number of thiophene rings is 1. The van der Waals surface area contributed by atoms with E-state index in [0.717, 1.165) is 26.2 Å². The molecule has 0 aliphatic carbocycles. The van der Waals surface area contributed by atoms with Gasteiger partial charge in [-0.1, -0.05) is 0 Å². The highest BCUT2D eigenvalue weighted by Gasteiger charge is 2.12. The molecular weight excluding hydrogens is 396 g/mol. The second-order valence-electron chi connectivity index (χ2n) is 6.42. The lowest BCUT2D eigenvalue weighted by Crippen LogP contribution is -2.11. The Kier molecular flexibility index (Phi) is 4.99. The van der Waals surface area contributed by atoms with Crippen LogP contribution in [0.4, 0.5) is 0 Å². The van der Waals surface area contributed by atoms with E-state index < -0.39 is 5.63 Å². The summed E-state index contributed by atoms with van der Waals surface area (Å²) in [5, 5.41) is 1.55. The lowest BCUT2D eigenvalue weighted by Gasteiger charge is -2.07. The smallest absolute Gasteiger partial charge is 0.336 e. The van der Waals surface area contributed by atoms with Gasteiger partial charge in [-0.2, -0.15) is 0 Å². The van der Waals surface area contributed by atoms with Gasteiger partial charge in [0.25, 0.3) is 5.56 Å². The van der Waals surface area contributed by atoms with Crippen LogP contribution in [-0.4, -0.2) is 17.1 Å². The zero-order valence-corrected chi connectivity index (χ0v) is 17.3. The molecule has 0 saturated carbocycles. The number of H-pyrrole nitrogens is 1. The van der Waals surface area contributed by atoms with Crippen LogP contribution in [-0.2, 0) is 11.5 Å². The SMILES string of the molecule is COc1ccc2c(CSCc3nc4sc(C)c(C)c4c(=O)[nH]3)cc(=O)oc2c1. The van der Waals surface area contributed by atoms with Crippen molar-refractivity contribution in [1.29, 1.82) is 0 Å². The first-order chi connectivity index (χ1) is 13.5. The summed E-state index contributed by atoms with van der Waals surface area (Å²) >= 11 is 3.12. The minimum Gasteiger partial charge on any atom is -0.497 e. The van der Waals surface area contributed by atoms with Gasteiger partial charge < -0.3 is 14.1 Å². The quantitative estimate of drug-likeness (QED) is 0.494. The molecule has 4 rings (SSSR count). The number of rotatable bonds is 5. The summed E-state index contributed by atoms with van der Waals surface area (Å²) in [6, 6.07) is 6.94. The van der Waals surface area contributed by atoms with Crippen molar-refractivity contribution < 1.29 is 9.15 Å². The number of hydrogen-bond donors (Lipinski definition) is 1. The van der Waals surface area contributed by atoms with Gasteiger partial charge in [0.1, 0.15) is 22.0 Å². The molecule has 3 aromatic heterocycles. The van der Waals surface area contributed by atoms with Gasteiger partial charge in [-0.05, 0) is 37.1 Å². The van der Waals surface area contributed by atoms with Gasteiger partial charge in [-0.15, -0.1) is 23.1 Å². The summed E-state index contributed by atoms with van der Waals surface area (Å²) in [4.78, 5) is 33.6. The van der Waals surface area contributed by atoms with Gasteiger partial charge in [-0.3, -0.25) is 4.79 Å². The summed E-state index contributed by atoms with van der Waals surface area (Å²) in [7, 11) is 1.57. The summed E-state index contributed by atoms with van der Waals surface area (Å²) in [6.45, 7) is 3.94. The first-order valence-electron chi connectivity index (χ1n) is 8.63. The first kappa shape index (κ1) is 18.8. The number of nitrogens with one attached hydrogen (secondary N) is 1. The lowest BCUT2D eigenvalue weighted by atomic mass is 10.1. The summed E-state index contributed by atoms with van der Waals surface area (Å²) < 4.78 is 10.5. The van der Waals surface area contributed by atoms with Crippen LogP contribution in [0, 0.1) is 13.8 Å². The molecule has 3 heterocycles. The number of aromatic amines is 1. The van der Waals surface area contributed by atoms with E-state index in [4.69, 9.17) is 9.15 Å². The normalized spacial score (nSPS) is 11.4. The number of aromatic nitrogens is 2. The molecule has 4 aromatic rings. The number of ether oxygens (including phenoxy) is 1. The third-order valence-corrected chi connectivity index (χ3v) is 6.72. The van der Waals surface area contributed by atoms with E-state index in [0.29, 0.717) is 34.0 Å². The van der Waals surface area contributed by atoms with E-state index in [1.807, 2.05) is 26.0 Å². The van der Waals surface area contributed by atoms with Gasteiger partial charge in [0.05, 0.1) is 18.2 Å². The van der Waals surface area contributed by atoms with E-state index >= 15 is 0 Å². The van der Waals surface area contributed by atoms with E-state index in [-0.39, 0.29) is 5.56 Å². The molecule has 0 amide bonds. The Morgan fingerprint density at radius 1 is 1.21 bits per heavy atom. The molecule has 0 fully saturated rings. The first-order valence-corrected chi connectivity index (χ1v) is 10.6. The van der Waals surface area contributed by atoms with E-state index in [2.05, 4.69) is 9.97 Å². The number of thioether (sulfide) groups is 1. The molecule has 1 N–H and O–H groups in total. The fraction of sp³-hybridized carbons (Fsp3) is 0.250. The highest BCUT2D eigenvalue weighted by molar-refractivity contribution is 7.97. The minimum absolute atomic E-state index is 0.0969. The summed E-state index contributed by atoms with van der Waals surface area (Å²) in [5.74, 6) is 2.41. The molecule has 0 unspecified atom stereocenters. The maximum Gasteiger partial charge on any atom is 0.336 e. The van der Waals surface area contributed by atoms with Crippen LogP contribution < -0.4 is 15.9 Å². The molecular formula is C20H18N2O4S2. The predicted molar refractivity (Wildman–Crippen MR) is 114 cm³/mol. The molecule has 0 saturated heterocycles. The van der Waals surface area contributed by atoms with Crippen molar-refractivity contribution in [2.45, 2.75) is 25.4 Å². The van der Waals surface area contributed by atoms with E-state index in [9.17, 15) is 9.59 Å². The largest absolute Gasteiger partial charge is 0.497 e. The van der Waals surface area contributed by atoms with Crippen molar-refractivity contribution in [3.05, 3.63) is 66.9 Å². The number of benzene rings is 1. The average molecular weight is 415 g/mol. The van der Waals surface area contributed by atoms with Crippen molar-refractivity contribution in [2.24, 2.45) is 0 Å². The monoisotopic (exact) mass is 414 g/mol. The third kappa shape index (κ3) is 3.45. The highest BCUT2D eigenvalue weighted by atomic mass is 32.2. The minimum atomic E-state index is -0.395. The molecule has 0 aliphatic heterocycles. The van der Waals surface area contributed by atoms with Crippen LogP contribution in [0.25, 0.3) is 21.2 Å². The van der Waals surface area contributed by atoms with E-state index in [1.165, 1.54) is 17.4 Å². The van der Waals surface area contributed by atoms with Crippen molar-refractivity contribution in [3.8, 4) is 5.75 Å². The van der Waals surface area contributed by atoms with Crippen LogP contribution in [0.2, 0.25) is 0 Å². The maximum atomic E-state index is 12.4. The Balaban J connectivity index is 1.58. The zero-order chi connectivity index (χ0) is 19.8. The number of fused-ring (bicyclic) bond motifs is 2. The third-order valence-electron chi connectivity index (χ3n) is 4.62. The molecule has 0 atom stereocenters. The van der Waals surface area contributed by atoms with Crippen LogP contribution in [0.5, 0.6) is 5.75 Å². The fourth-order valence-corrected chi connectivity index (χ4v) is 5.02. The highest BCUT2D eigenvalue weighted by Crippen LogP contribution is 2.28. The predicted octanol–water partition coefficient (Wildman–Crippen LogP) is 4.15. The van der Waals surface area contributed by atoms with E-state index in [1.54, 1.807) is 24.9 Å². The molecule has 144 valence electrons. The van der Waals surface area contributed by atoms with Crippen molar-refractivity contribution in [2.75, 3.05) is 7.11 Å². The van der Waals surface area contributed by atoms with Gasteiger partial charge in [0, 0.05) is 28.1 Å². The molecule has 0 radical (unpaired) electrons. The molecule has 0 spiro atoms. The molecule has 8 heteroatoms. The van der Waals surface area contributed by atoms with Crippen LogP contribution >= 0.6 is 23.1 Å². The van der Waals surface area contributed by atoms with Gasteiger partial charge in [0.2, 0.25) is 0 Å². The Morgan fingerprint density at radius 2 is 2.04 bits per heavy atom. The Labute approximate surface area is 168 Å². The summed E-state index contributed by atoms with van der Waals surface area (Å²) in [6.07, 6.45) is 0. The number of aryl methyl sites for hydroxylation is 2. The average Bonchev–Trinajstić information content (AvgIpc) is 2.95. The molecule has 6 nitrogen and oxygen atoms in total. The molecule has 1 aromatic carbocycles. The Bertz CT molecular complexity index is 1300. The topological polar surface area (TPSA) is 85.2 Å². The second-order valence-corrected chi connectivity index (χ2v) is 8.61.